The Morgan fingerprint density at radius 3 is 2.32 bits per heavy atom. The summed E-state index contributed by atoms with van der Waals surface area (Å²) >= 11 is 1.37. The van der Waals surface area contributed by atoms with Crippen molar-refractivity contribution in [1.29, 1.82) is 0 Å². The Kier molecular flexibility index (Phi) is 5.21. The molecule has 3 rings (SSSR count). The average Bonchev–Trinajstić information content (AvgIpc) is 2.84. The van der Waals surface area contributed by atoms with Crippen molar-refractivity contribution >= 4 is 29.5 Å². The van der Waals surface area contributed by atoms with E-state index in [4.69, 9.17) is 9.47 Å². The fourth-order valence-electron chi connectivity index (χ4n) is 3.73. The lowest BCUT2D eigenvalue weighted by Gasteiger charge is -2.39. The molecule has 0 radical (unpaired) electrons. The van der Waals surface area contributed by atoms with Crippen LogP contribution >= 0.6 is 11.8 Å². The Hall–Kier alpha value is -2.08. The lowest BCUT2D eigenvalue weighted by Crippen LogP contribution is -2.49. The van der Waals surface area contributed by atoms with Gasteiger partial charge in [0.15, 0.2) is 11.7 Å². The van der Waals surface area contributed by atoms with Gasteiger partial charge in [0.25, 0.3) is 0 Å². The smallest absolute Gasteiger partial charge is 0.321 e. The highest BCUT2D eigenvalue weighted by Gasteiger charge is 2.63. The van der Waals surface area contributed by atoms with Crippen molar-refractivity contribution in [1.82, 2.24) is 0 Å². The molecule has 1 aliphatic carbocycles. The molecule has 1 heterocycles. The zero-order valence-electron chi connectivity index (χ0n) is 17.1. The van der Waals surface area contributed by atoms with Crippen LogP contribution in [0, 0.1) is 18.8 Å². The predicted molar refractivity (Wildman–Crippen MR) is 107 cm³/mol. The van der Waals surface area contributed by atoms with Crippen LogP contribution in [0.25, 0.3) is 0 Å². The summed E-state index contributed by atoms with van der Waals surface area (Å²) in [6, 6.07) is 7.82. The van der Waals surface area contributed by atoms with Gasteiger partial charge in [0.1, 0.15) is 11.2 Å². The van der Waals surface area contributed by atoms with Crippen LogP contribution in [-0.2, 0) is 23.9 Å². The van der Waals surface area contributed by atoms with E-state index in [0.29, 0.717) is 5.57 Å². The lowest BCUT2D eigenvalue weighted by molar-refractivity contribution is -0.165. The van der Waals surface area contributed by atoms with Gasteiger partial charge in [-0.05, 0) is 65.3 Å². The van der Waals surface area contributed by atoms with Crippen LogP contribution in [0.5, 0.6) is 0 Å². The number of esters is 2. The van der Waals surface area contributed by atoms with Gasteiger partial charge in [-0.25, -0.2) is 0 Å². The number of benzene rings is 1. The van der Waals surface area contributed by atoms with Crippen LogP contribution in [0.4, 0.5) is 0 Å². The van der Waals surface area contributed by atoms with E-state index in [-0.39, 0.29) is 5.78 Å². The van der Waals surface area contributed by atoms with Gasteiger partial charge in [0.2, 0.25) is 0 Å². The first-order valence-electron chi connectivity index (χ1n) is 9.34. The van der Waals surface area contributed by atoms with Crippen LogP contribution in [0.1, 0.15) is 40.2 Å². The first-order chi connectivity index (χ1) is 12.9. The Labute approximate surface area is 169 Å². The summed E-state index contributed by atoms with van der Waals surface area (Å²) in [4.78, 5) is 39.4. The minimum Gasteiger partial charge on any atom is -0.459 e. The Morgan fingerprint density at radius 2 is 1.75 bits per heavy atom. The molecule has 1 saturated heterocycles. The fraction of sp³-hybridized carbons (Fsp3) is 0.500. The topological polar surface area (TPSA) is 69.7 Å². The molecule has 1 unspecified atom stereocenters. The lowest BCUT2D eigenvalue weighted by atomic mass is 9.71. The maximum absolute atomic E-state index is 12.9. The number of rotatable bonds is 3. The third-order valence-electron chi connectivity index (χ3n) is 5.25. The number of carbonyl (C=O) groups excluding carboxylic acids is 3. The molecular formula is C22H26O5S. The van der Waals surface area contributed by atoms with E-state index >= 15 is 0 Å². The van der Waals surface area contributed by atoms with Gasteiger partial charge in [-0.3, -0.25) is 14.4 Å². The SMILES string of the molecule is CC1=CC(=O)C(Sc2ccc(C)cc2)[C@@H]2[C@@H](C(=O)OC(C)(C)C)C(=O)O[C@]12C. The molecule has 0 spiro atoms. The van der Waals surface area contributed by atoms with E-state index in [9.17, 15) is 14.4 Å². The third-order valence-corrected chi connectivity index (χ3v) is 6.58. The summed E-state index contributed by atoms with van der Waals surface area (Å²) < 4.78 is 11.2. The first-order valence-corrected chi connectivity index (χ1v) is 10.2. The second kappa shape index (κ2) is 7.07. The molecule has 5 nitrogen and oxygen atoms in total. The Bertz CT molecular complexity index is 849. The molecule has 0 amide bonds. The van der Waals surface area contributed by atoms with Crippen molar-refractivity contribution in [3.63, 3.8) is 0 Å². The highest BCUT2D eigenvalue weighted by Crippen LogP contribution is 2.51. The van der Waals surface area contributed by atoms with E-state index in [2.05, 4.69) is 0 Å². The van der Waals surface area contributed by atoms with Crippen molar-refractivity contribution in [2.24, 2.45) is 11.8 Å². The van der Waals surface area contributed by atoms with E-state index in [1.54, 1.807) is 34.6 Å². The minimum atomic E-state index is -1.13. The predicted octanol–water partition coefficient (Wildman–Crippen LogP) is 3.87. The molecule has 0 bridgehead atoms. The second-order valence-corrected chi connectivity index (χ2v) is 9.86. The molecule has 1 aromatic rings. The summed E-state index contributed by atoms with van der Waals surface area (Å²) in [6.45, 7) is 10.8. The molecule has 4 atom stereocenters. The van der Waals surface area contributed by atoms with Gasteiger partial charge in [0.05, 0.1) is 5.25 Å². The van der Waals surface area contributed by atoms with E-state index in [0.717, 1.165) is 10.5 Å². The van der Waals surface area contributed by atoms with Gasteiger partial charge in [-0.1, -0.05) is 17.7 Å². The van der Waals surface area contributed by atoms with Gasteiger partial charge in [-0.2, -0.15) is 0 Å². The molecule has 2 aliphatic rings. The molecule has 0 aromatic heterocycles. The van der Waals surface area contributed by atoms with Gasteiger partial charge in [-0.15, -0.1) is 11.8 Å². The minimum absolute atomic E-state index is 0.114. The van der Waals surface area contributed by atoms with Crippen LogP contribution in [0.15, 0.2) is 40.8 Å². The first kappa shape index (κ1) is 20.6. The zero-order chi connectivity index (χ0) is 20.9. The van der Waals surface area contributed by atoms with Crippen molar-refractivity contribution in [2.45, 2.75) is 62.9 Å². The highest BCUT2D eigenvalue weighted by molar-refractivity contribution is 8.00. The average molecular weight is 403 g/mol. The van der Waals surface area contributed by atoms with Crippen LogP contribution in [0.2, 0.25) is 0 Å². The number of allylic oxidation sites excluding steroid dienone is 1. The number of fused-ring (bicyclic) bond motifs is 1. The molecule has 1 aliphatic heterocycles. The van der Waals surface area contributed by atoms with Crippen LogP contribution < -0.4 is 0 Å². The molecule has 1 fully saturated rings. The third kappa shape index (κ3) is 3.75. The maximum atomic E-state index is 12.9. The van der Waals surface area contributed by atoms with Crippen molar-refractivity contribution in [3.05, 3.63) is 41.5 Å². The van der Waals surface area contributed by atoms with Crippen molar-refractivity contribution in [2.75, 3.05) is 0 Å². The maximum Gasteiger partial charge on any atom is 0.321 e. The number of ketones is 1. The normalized spacial score (nSPS) is 29.8. The number of thioether (sulfide) groups is 1. The second-order valence-electron chi connectivity index (χ2n) is 8.65. The van der Waals surface area contributed by atoms with Crippen LogP contribution in [-0.4, -0.2) is 34.2 Å². The van der Waals surface area contributed by atoms with Crippen molar-refractivity contribution < 1.29 is 23.9 Å². The van der Waals surface area contributed by atoms with Gasteiger partial charge >= 0.3 is 11.9 Å². The molecule has 0 N–H and O–H groups in total. The quantitative estimate of drug-likeness (QED) is 0.565. The van der Waals surface area contributed by atoms with E-state index in [1.165, 1.54) is 17.8 Å². The number of carbonyl (C=O) groups is 3. The summed E-state index contributed by atoms with van der Waals surface area (Å²) in [5.74, 6) is -3.13. The van der Waals surface area contributed by atoms with Crippen molar-refractivity contribution in [3.8, 4) is 0 Å². The van der Waals surface area contributed by atoms with Crippen LogP contribution in [0.3, 0.4) is 0 Å². The zero-order valence-corrected chi connectivity index (χ0v) is 17.9. The molecule has 0 saturated carbocycles. The molecule has 1 aromatic carbocycles. The fourth-order valence-corrected chi connectivity index (χ4v) is 5.06. The van der Waals surface area contributed by atoms with E-state index in [1.807, 2.05) is 31.2 Å². The molecular weight excluding hydrogens is 376 g/mol. The number of hydrogen-bond acceptors (Lipinski definition) is 6. The number of hydrogen-bond donors (Lipinski definition) is 0. The summed E-state index contributed by atoms with van der Waals surface area (Å²) in [5, 5.41) is -0.611. The number of ether oxygens (including phenoxy) is 2. The van der Waals surface area contributed by atoms with Gasteiger partial charge < -0.3 is 9.47 Å². The number of aryl methyl sites for hydroxylation is 1. The molecule has 6 heteroatoms. The van der Waals surface area contributed by atoms with E-state index < -0.39 is 40.2 Å². The Morgan fingerprint density at radius 1 is 1.14 bits per heavy atom. The summed E-state index contributed by atoms with van der Waals surface area (Å²) in [5.41, 5.74) is 0.0302. The summed E-state index contributed by atoms with van der Waals surface area (Å²) in [7, 11) is 0. The molecule has 28 heavy (non-hydrogen) atoms. The summed E-state index contributed by atoms with van der Waals surface area (Å²) in [6.07, 6.45) is 1.53. The monoisotopic (exact) mass is 402 g/mol. The highest BCUT2D eigenvalue weighted by atomic mass is 32.2. The molecule has 150 valence electrons. The van der Waals surface area contributed by atoms with Gasteiger partial charge in [0, 0.05) is 10.8 Å². The Balaban J connectivity index is 2.01. The largest absolute Gasteiger partial charge is 0.459 e. The standard InChI is InChI=1S/C22H26O5S/c1-12-7-9-14(10-8-12)28-18-15(23)11-13(2)22(6)17(18)16(20(25)27-22)19(24)26-21(3,4)5/h7-11,16-18H,1-6H3/t16-,17-,18?,22+/m0/s1.